The van der Waals surface area contributed by atoms with Crippen molar-refractivity contribution in [3.05, 3.63) is 78.2 Å². The largest absolute Gasteiger partial charge is 0.497 e. The van der Waals surface area contributed by atoms with E-state index in [9.17, 15) is 22.8 Å². The van der Waals surface area contributed by atoms with Crippen LogP contribution < -0.4 is 24.8 Å². The molecule has 2 aliphatic heterocycles. The summed E-state index contributed by atoms with van der Waals surface area (Å²) in [4.78, 5) is 55.4. The Morgan fingerprint density at radius 3 is 2.59 bits per heavy atom. The van der Waals surface area contributed by atoms with Gasteiger partial charge >= 0.3 is 0 Å². The number of sulfonamides is 1. The van der Waals surface area contributed by atoms with Crippen molar-refractivity contribution in [3.63, 3.8) is 0 Å². The number of carbonyl (C=O) groups is 3. The van der Waals surface area contributed by atoms with Crippen LogP contribution in [0.3, 0.4) is 0 Å². The molecule has 294 valence electrons. The number of benzene rings is 2. The normalized spacial score (nSPS) is 26.2. The van der Waals surface area contributed by atoms with Gasteiger partial charge in [0.25, 0.3) is 5.91 Å². The lowest BCUT2D eigenvalue weighted by Gasteiger charge is -2.30. The summed E-state index contributed by atoms with van der Waals surface area (Å²) >= 11 is 1.49. The van der Waals surface area contributed by atoms with Crippen LogP contribution in [0.15, 0.2) is 78.2 Å². The molecule has 4 aliphatic rings. The number of rotatable bonds is 9. The second-order valence-electron chi connectivity index (χ2n) is 15.5. The molecule has 4 heterocycles. The first-order valence-corrected chi connectivity index (χ1v) is 21.6. The van der Waals surface area contributed by atoms with Gasteiger partial charge in [-0.25, -0.2) is 18.4 Å². The van der Waals surface area contributed by atoms with Crippen molar-refractivity contribution in [2.24, 2.45) is 5.92 Å². The molecule has 2 aliphatic carbocycles. The average molecular weight is 799 g/mol. The van der Waals surface area contributed by atoms with Crippen LogP contribution in [0.2, 0.25) is 0 Å². The Kier molecular flexibility index (Phi) is 10.2. The third kappa shape index (κ3) is 7.58. The number of thiophene rings is 1. The minimum Gasteiger partial charge on any atom is -0.497 e. The Morgan fingerprint density at radius 2 is 1.84 bits per heavy atom. The molecule has 13 nitrogen and oxygen atoms in total. The Bertz CT molecular complexity index is 2260. The van der Waals surface area contributed by atoms with Gasteiger partial charge in [-0.3, -0.25) is 19.1 Å². The van der Waals surface area contributed by atoms with Gasteiger partial charge in [-0.05, 0) is 81.2 Å². The number of carbonyl (C=O) groups excluding carboxylic acids is 3. The molecule has 3 amide bonds. The number of hydrogen-bond donors (Lipinski definition) is 3. The molecular weight excluding hydrogens is 753 g/mol. The second-order valence-corrected chi connectivity index (χ2v) is 18.6. The lowest BCUT2D eigenvalue weighted by Crippen LogP contribution is -2.58. The van der Waals surface area contributed by atoms with E-state index >= 15 is 0 Å². The third-order valence-electron chi connectivity index (χ3n) is 11.5. The second kappa shape index (κ2) is 15.1. The molecule has 0 bridgehead atoms. The Balaban J connectivity index is 1.13. The Morgan fingerprint density at radius 1 is 1.02 bits per heavy atom. The van der Waals surface area contributed by atoms with Gasteiger partial charge in [-0.2, -0.15) is 0 Å². The molecule has 2 saturated carbocycles. The predicted octanol–water partition coefficient (Wildman–Crippen LogP) is 5.59. The van der Waals surface area contributed by atoms with Crippen LogP contribution >= 0.6 is 11.3 Å². The van der Waals surface area contributed by atoms with E-state index in [1.54, 1.807) is 37.1 Å². The van der Waals surface area contributed by atoms with E-state index in [2.05, 4.69) is 15.4 Å². The minimum atomic E-state index is -3.97. The van der Waals surface area contributed by atoms with Crippen LogP contribution in [0.5, 0.6) is 11.6 Å². The number of nitrogens with one attached hydrogen (secondary N) is 3. The molecule has 8 rings (SSSR count). The van der Waals surface area contributed by atoms with Gasteiger partial charge in [0.15, 0.2) is 0 Å². The fourth-order valence-corrected chi connectivity index (χ4v) is 9.66. The highest BCUT2D eigenvalue weighted by molar-refractivity contribution is 7.91. The van der Waals surface area contributed by atoms with Crippen molar-refractivity contribution in [3.8, 4) is 22.2 Å². The Labute approximate surface area is 330 Å². The van der Waals surface area contributed by atoms with Gasteiger partial charge in [-0.15, -0.1) is 11.3 Å². The summed E-state index contributed by atoms with van der Waals surface area (Å²) < 4.78 is 39.8. The van der Waals surface area contributed by atoms with Gasteiger partial charge in [-0.1, -0.05) is 49.3 Å². The molecule has 56 heavy (non-hydrogen) atoms. The number of hydrogen-bond acceptors (Lipinski definition) is 11. The fraction of sp³-hybridized carbons (Fsp3) is 0.439. The molecular formula is C41H46N6O7S2. The first-order valence-electron chi connectivity index (χ1n) is 19.2. The number of anilines is 1. The summed E-state index contributed by atoms with van der Waals surface area (Å²) in [6, 6.07) is 17.1. The molecule has 4 aromatic rings. The standard InChI is InChI=1S/C41H46N6O7S2/c1-40(19-20-40)56(51,52)46-39(50)41-24-26(41)12-7-4-3-5-10-15-31(42-27-13-8-6-9-14-27)38(49)47-25-29(23-33(47)36(48)45-41)54-37-35(34-16-11-21-55-34)43-32-22-28(53-2)17-18-30(32)44-37/h6-9,11-14,16-18,21-22,26,29,31,33,42H,3-5,10,15,19-20,23-25H2,1-2H3,(H,45,48)(H,46,50)/t26-,29-,31+,33+,41-/m1/s1. The number of fused-ring (bicyclic) bond motifs is 3. The van der Waals surface area contributed by atoms with E-state index < -0.39 is 56.2 Å². The molecule has 0 unspecified atom stereocenters. The lowest BCUT2D eigenvalue weighted by molar-refractivity contribution is -0.140. The van der Waals surface area contributed by atoms with E-state index in [4.69, 9.17) is 19.4 Å². The SMILES string of the molecule is COc1ccc2nc(O[C@@H]3C[C@H]4C(=O)N[C@]5(C(=O)NS(=O)(=O)C6(C)CC6)C[C@H]5C=CCCCCC[C@H](Nc5ccccc5)C(=O)N4C3)c(-c3cccs3)nc2c1. The maximum Gasteiger partial charge on any atom is 0.259 e. The number of aromatic nitrogens is 2. The van der Waals surface area contributed by atoms with Gasteiger partial charge < -0.3 is 25.0 Å². The van der Waals surface area contributed by atoms with Crippen LogP contribution in [0.4, 0.5) is 5.69 Å². The Hall–Kier alpha value is -5.02. The van der Waals surface area contributed by atoms with E-state index in [1.807, 2.05) is 60.0 Å². The maximum absolute atomic E-state index is 14.7. The minimum absolute atomic E-state index is 0.0748. The summed E-state index contributed by atoms with van der Waals surface area (Å²) in [5, 5.41) is 8.33. The predicted molar refractivity (Wildman–Crippen MR) is 214 cm³/mol. The molecule has 0 radical (unpaired) electrons. The zero-order valence-electron chi connectivity index (χ0n) is 31.4. The first-order chi connectivity index (χ1) is 27.0. The molecule has 2 aromatic heterocycles. The quantitative estimate of drug-likeness (QED) is 0.182. The smallest absolute Gasteiger partial charge is 0.259 e. The zero-order valence-corrected chi connectivity index (χ0v) is 33.0. The molecule has 3 N–H and O–H groups in total. The van der Waals surface area contributed by atoms with E-state index in [0.717, 1.165) is 36.2 Å². The number of allylic oxidation sites excluding steroid dienone is 1. The number of amides is 3. The average Bonchev–Trinajstić information content (AvgIpc) is 3.94. The first kappa shape index (κ1) is 37.9. The lowest BCUT2D eigenvalue weighted by atomic mass is 10.0. The summed E-state index contributed by atoms with van der Waals surface area (Å²) in [5.74, 6) is -1.06. The van der Waals surface area contributed by atoms with Crippen molar-refractivity contribution in [1.29, 1.82) is 0 Å². The van der Waals surface area contributed by atoms with E-state index in [-0.39, 0.29) is 31.2 Å². The molecule has 15 heteroatoms. The maximum atomic E-state index is 14.7. The molecule has 1 saturated heterocycles. The zero-order chi connectivity index (χ0) is 39.1. The summed E-state index contributed by atoms with van der Waals surface area (Å²) in [6.07, 6.45) is 8.36. The summed E-state index contributed by atoms with van der Waals surface area (Å²) in [5.41, 5.74) is 1.05. The van der Waals surface area contributed by atoms with E-state index in [0.29, 0.717) is 41.7 Å². The molecule has 2 aromatic carbocycles. The van der Waals surface area contributed by atoms with Crippen molar-refractivity contribution < 1.29 is 32.3 Å². The van der Waals surface area contributed by atoms with Crippen LogP contribution in [0, 0.1) is 5.92 Å². The molecule has 0 spiro atoms. The number of para-hydroxylation sites is 1. The van der Waals surface area contributed by atoms with Crippen LogP contribution in [-0.2, 0) is 24.4 Å². The van der Waals surface area contributed by atoms with Gasteiger partial charge in [0.1, 0.15) is 35.2 Å². The number of methoxy groups -OCH3 is 1. The highest BCUT2D eigenvalue weighted by Gasteiger charge is 2.63. The highest BCUT2D eigenvalue weighted by Crippen LogP contribution is 2.47. The van der Waals surface area contributed by atoms with Crippen LogP contribution in [0.25, 0.3) is 21.6 Å². The monoisotopic (exact) mass is 798 g/mol. The third-order valence-corrected chi connectivity index (χ3v) is 14.5. The number of nitrogens with zero attached hydrogens (tertiary/aromatic N) is 3. The van der Waals surface area contributed by atoms with Gasteiger partial charge in [0, 0.05) is 24.1 Å². The molecule has 3 fully saturated rings. The fourth-order valence-electron chi connectivity index (χ4n) is 7.64. The molecule has 5 atom stereocenters. The van der Waals surface area contributed by atoms with Crippen molar-refractivity contribution in [2.75, 3.05) is 19.0 Å². The number of ether oxygens (including phenoxy) is 2. The summed E-state index contributed by atoms with van der Waals surface area (Å²) in [6.45, 7) is 1.69. The topological polar surface area (TPSA) is 169 Å². The van der Waals surface area contributed by atoms with E-state index in [1.165, 1.54) is 11.3 Å². The van der Waals surface area contributed by atoms with Crippen LogP contribution in [-0.4, -0.2) is 83.1 Å². The van der Waals surface area contributed by atoms with Crippen molar-refractivity contribution in [2.45, 2.75) is 93.2 Å². The van der Waals surface area contributed by atoms with Gasteiger partial charge in [0.2, 0.25) is 27.7 Å². The van der Waals surface area contributed by atoms with Gasteiger partial charge in [0.05, 0.1) is 34.3 Å². The summed E-state index contributed by atoms with van der Waals surface area (Å²) in [7, 11) is -2.38. The van der Waals surface area contributed by atoms with Crippen molar-refractivity contribution >= 4 is 55.8 Å². The van der Waals surface area contributed by atoms with Crippen LogP contribution in [0.1, 0.15) is 64.7 Å². The highest BCUT2D eigenvalue weighted by atomic mass is 32.2. The van der Waals surface area contributed by atoms with Crippen molar-refractivity contribution in [1.82, 2.24) is 24.9 Å².